The van der Waals surface area contributed by atoms with Gasteiger partial charge in [-0.25, -0.2) is 0 Å². The standard InChI is InChI=1S/C26H20F6N2O3S2/c1-34(13-18-4-3-9-38-18)24-33-23(35)22(39-24)11-15-5-8-20(21(10-15)36-2)37-14-16-6-7-17(25(27,28)29)12-19(16)26(30,31)32/h3-12H,13-14H2,1-2H3. The maximum absolute atomic E-state index is 13.4. The van der Waals surface area contributed by atoms with Crippen LogP contribution >= 0.6 is 23.1 Å². The number of amidine groups is 1. The lowest BCUT2D eigenvalue weighted by atomic mass is 10.0. The third-order valence-corrected chi connectivity index (χ3v) is 7.48. The fourth-order valence-electron chi connectivity index (χ4n) is 3.61. The molecule has 0 fully saturated rings. The van der Waals surface area contributed by atoms with Gasteiger partial charge in [-0.05, 0) is 59.1 Å². The summed E-state index contributed by atoms with van der Waals surface area (Å²) in [5.74, 6) is -0.170. The van der Waals surface area contributed by atoms with Gasteiger partial charge in [-0.3, -0.25) is 4.79 Å². The molecule has 206 valence electrons. The SMILES string of the molecule is COc1cc(C=C2SC(N(C)Cc3cccs3)=NC2=O)ccc1OCc1ccc(C(F)(F)F)cc1C(F)(F)F. The van der Waals surface area contributed by atoms with Crippen LogP contribution in [0.4, 0.5) is 26.3 Å². The van der Waals surface area contributed by atoms with E-state index in [4.69, 9.17) is 9.47 Å². The molecule has 39 heavy (non-hydrogen) atoms. The van der Waals surface area contributed by atoms with E-state index in [2.05, 4.69) is 4.99 Å². The summed E-state index contributed by atoms with van der Waals surface area (Å²) in [6, 6.07) is 9.85. The topological polar surface area (TPSA) is 51.1 Å². The van der Waals surface area contributed by atoms with Crippen molar-refractivity contribution in [3.63, 3.8) is 0 Å². The van der Waals surface area contributed by atoms with Crippen molar-refractivity contribution in [3.8, 4) is 11.5 Å². The fraction of sp³-hybridized carbons (Fsp3) is 0.231. The number of nitrogens with zero attached hydrogens (tertiary/aromatic N) is 2. The number of benzene rings is 2. The minimum atomic E-state index is -5.01. The molecule has 5 nitrogen and oxygen atoms in total. The molecule has 0 atom stereocenters. The Balaban J connectivity index is 1.48. The summed E-state index contributed by atoms with van der Waals surface area (Å²) in [6.45, 7) is -0.0508. The number of alkyl halides is 6. The molecule has 4 rings (SSSR count). The minimum absolute atomic E-state index is 0.0652. The van der Waals surface area contributed by atoms with Crippen molar-refractivity contribution in [1.29, 1.82) is 0 Å². The van der Waals surface area contributed by atoms with Crippen molar-refractivity contribution in [2.24, 2.45) is 4.99 Å². The molecule has 2 heterocycles. The lowest BCUT2D eigenvalue weighted by molar-refractivity contribution is -0.143. The normalized spacial score (nSPS) is 15.0. The fourth-order valence-corrected chi connectivity index (χ4v) is 5.24. The van der Waals surface area contributed by atoms with Gasteiger partial charge in [-0.15, -0.1) is 11.3 Å². The maximum Gasteiger partial charge on any atom is 0.416 e. The Morgan fingerprint density at radius 1 is 1.00 bits per heavy atom. The first kappa shape index (κ1) is 28.6. The zero-order valence-corrected chi connectivity index (χ0v) is 22.0. The van der Waals surface area contributed by atoms with Crippen molar-refractivity contribution in [3.05, 3.63) is 85.9 Å². The van der Waals surface area contributed by atoms with E-state index in [1.54, 1.807) is 23.5 Å². The Hall–Kier alpha value is -3.45. The number of carbonyl (C=O) groups is 1. The Morgan fingerprint density at radius 2 is 1.77 bits per heavy atom. The molecule has 1 aliphatic heterocycles. The van der Waals surface area contributed by atoms with Crippen LogP contribution in [-0.4, -0.2) is 30.1 Å². The molecule has 0 unspecified atom stereocenters. The monoisotopic (exact) mass is 586 g/mol. The summed E-state index contributed by atoms with van der Waals surface area (Å²) in [6.07, 6.45) is -8.33. The van der Waals surface area contributed by atoms with Crippen molar-refractivity contribution in [2.75, 3.05) is 14.2 Å². The van der Waals surface area contributed by atoms with Crippen LogP contribution < -0.4 is 9.47 Å². The van der Waals surface area contributed by atoms with Crippen LogP contribution in [0, 0.1) is 0 Å². The number of thiophene rings is 1. The maximum atomic E-state index is 13.4. The summed E-state index contributed by atoms with van der Waals surface area (Å²) in [4.78, 5) is 19.9. The highest BCUT2D eigenvalue weighted by Crippen LogP contribution is 2.39. The average Bonchev–Trinajstić information content (AvgIpc) is 3.51. The molecule has 0 bridgehead atoms. The van der Waals surface area contributed by atoms with E-state index in [0.29, 0.717) is 28.2 Å². The van der Waals surface area contributed by atoms with E-state index in [1.165, 1.54) is 31.0 Å². The van der Waals surface area contributed by atoms with E-state index in [1.807, 2.05) is 29.5 Å². The first-order chi connectivity index (χ1) is 18.3. The highest BCUT2D eigenvalue weighted by Gasteiger charge is 2.38. The van der Waals surface area contributed by atoms with Gasteiger partial charge in [0, 0.05) is 17.5 Å². The van der Waals surface area contributed by atoms with Gasteiger partial charge in [0.1, 0.15) is 6.61 Å². The Labute approximate surface area is 227 Å². The smallest absolute Gasteiger partial charge is 0.416 e. The zero-order chi connectivity index (χ0) is 28.4. The summed E-state index contributed by atoms with van der Waals surface area (Å²) >= 11 is 2.80. The molecular formula is C26H20F6N2O3S2. The van der Waals surface area contributed by atoms with Crippen molar-refractivity contribution in [2.45, 2.75) is 25.5 Å². The van der Waals surface area contributed by atoms with E-state index < -0.39 is 41.6 Å². The average molecular weight is 587 g/mol. The number of rotatable bonds is 7. The van der Waals surface area contributed by atoms with Crippen LogP contribution in [0.1, 0.15) is 27.1 Å². The Morgan fingerprint density at radius 3 is 2.41 bits per heavy atom. The van der Waals surface area contributed by atoms with Crippen molar-refractivity contribution in [1.82, 2.24) is 4.90 Å². The van der Waals surface area contributed by atoms with Crippen LogP contribution in [0.3, 0.4) is 0 Å². The van der Waals surface area contributed by atoms with Gasteiger partial charge in [0.05, 0.1) is 29.7 Å². The summed E-state index contributed by atoms with van der Waals surface area (Å²) in [5, 5.41) is 2.51. The molecule has 13 heteroatoms. The third-order valence-electron chi connectivity index (χ3n) is 5.52. The number of hydrogen-bond donors (Lipinski definition) is 0. The third kappa shape index (κ3) is 6.95. The molecule has 1 amide bonds. The number of amides is 1. The number of carbonyl (C=O) groups excluding carboxylic acids is 1. The largest absolute Gasteiger partial charge is 0.493 e. The molecule has 0 saturated heterocycles. The minimum Gasteiger partial charge on any atom is -0.493 e. The van der Waals surface area contributed by atoms with Crippen molar-refractivity contribution < 1.29 is 40.6 Å². The Bertz CT molecular complexity index is 1420. The molecule has 1 aliphatic rings. The van der Waals surface area contributed by atoms with Crippen LogP contribution in [0.2, 0.25) is 0 Å². The summed E-state index contributed by atoms with van der Waals surface area (Å²) in [7, 11) is 3.16. The first-order valence-electron chi connectivity index (χ1n) is 11.2. The molecule has 0 radical (unpaired) electrons. The predicted octanol–water partition coefficient (Wildman–Crippen LogP) is 7.48. The van der Waals surface area contributed by atoms with Gasteiger partial charge in [0.15, 0.2) is 16.7 Å². The molecule has 1 aromatic heterocycles. The molecule has 3 aromatic rings. The summed E-state index contributed by atoms with van der Waals surface area (Å²) in [5.41, 5.74) is -2.75. The highest BCUT2D eigenvalue weighted by molar-refractivity contribution is 8.18. The van der Waals surface area contributed by atoms with E-state index in [-0.39, 0.29) is 17.6 Å². The van der Waals surface area contributed by atoms with E-state index in [0.717, 1.165) is 10.9 Å². The van der Waals surface area contributed by atoms with Crippen molar-refractivity contribution >= 4 is 40.2 Å². The van der Waals surface area contributed by atoms with Gasteiger partial charge in [-0.2, -0.15) is 31.3 Å². The number of halogens is 6. The first-order valence-corrected chi connectivity index (χ1v) is 12.9. The second-order valence-electron chi connectivity index (χ2n) is 8.31. The van der Waals surface area contributed by atoms with Gasteiger partial charge in [-0.1, -0.05) is 18.2 Å². The number of methoxy groups -OCH3 is 1. The number of ether oxygens (including phenoxy) is 2. The van der Waals surface area contributed by atoms with Gasteiger partial charge >= 0.3 is 12.4 Å². The predicted molar refractivity (Wildman–Crippen MR) is 138 cm³/mol. The summed E-state index contributed by atoms with van der Waals surface area (Å²) < 4.78 is 89.9. The van der Waals surface area contributed by atoms with Crippen LogP contribution in [0.5, 0.6) is 11.5 Å². The van der Waals surface area contributed by atoms with Gasteiger partial charge in [0.2, 0.25) is 0 Å². The highest BCUT2D eigenvalue weighted by atomic mass is 32.2. The van der Waals surface area contributed by atoms with Crippen LogP contribution in [0.25, 0.3) is 6.08 Å². The van der Waals surface area contributed by atoms with Gasteiger partial charge in [0.25, 0.3) is 5.91 Å². The molecule has 0 spiro atoms. The number of thioether (sulfide) groups is 1. The second-order valence-corrected chi connectivity index (χ2v) is 10.4. The van der Waals surface area contributed by atoms with Gasteiger partial charge < -0.3 is 14.4 Å². The van der Waals surface area contributed by atoms with Crippen LogP contribution in [0.15, 0.2) is 63.8 Å². The molecule has 0 aliphatic carbocycles. The number of hydrogen-bond acceptors (Lipinski definition) is 6. The molecule has 0 N–H and O–H groups in total. The van der Waals surface area contributed by atoms with E-state index in [9.17, 15) is 31.1 Å². The Kier molecular flexibility index (Phi) is 8.31. The van der Waals surface area contributed by atoms with E-state index >= 15 is 0 Å². The molecule has 2 aromatic carbocycles. The number of aliphatic imine (C=N–C) groups is 1. The lowest BCUT2D eigenvalue weighted by Gasteiger charge is -2.17. The second kappa shape index (κ2) is 11.3. The zero-order valence-electron chi connectivity index (χ0n) is 20.4. The lowest BCUT2D eigenvalue weighted by Crippen LogP contribution is -2.21. The quantitative estimate of drug-likeness (QED) is 0.212. The molecule has 0 saturated carbocycles. The molecular weight excluding hydrogens is 566 g/mol. The van der Waals surface area contributed by atoms with Crippen LogP contribution in [-0.2, 0) is 30.3 Å².